The van der Waals surface area contributed by atoms with Crippen LogP contribution in [0, 0.1) is 5.92 Å². The average molecular weight is 578 g/mol. The number of ether oxygens (including phenoxy) is 1. The van der Waals surface area contributed by atoms with Gasteiger partial charge in [-0.05, 0) is 48.9 Å². The van der Waals surface area contributed by atoms with Crippen LogP contribution in [-0.2, 0) is 11.3 Å². The Morgan fingerprint density at radius 1 is 1.14 bits per heavy atom. The van der Waals surface area contributed by atoms with Crippen LogP contribution in [0.25, 0.3) is 16.7 Å². The Labute approximate surface area is 241 Å². The molecule has 6 rings (SSSR count). The number of nitrogens with zero attached hydrogens (tertiary/aromatic N) is 4. The fourth-order valence-electron chi connectivity index (χ4n) is 6.19. The first-order valence-corrected chi connectivity index (χ1v) is 14.1. The first-order valence-electron chi connectivity index (χ1n) is 14.1. The second-order valence-corrected chi connectivity index (χ2v) is 11.2. The molecule has 2 aromatic heterocycles. The van der Waals surface area contributed by atoms with E-state index in [0.29, 0.717) is 30.9 Å². The largest absolute Gasteiger partial charge is 0.497 e. The van der Waals surface area contributed by atoms with Crippen LogP contribution in [0.15, 0.2) is 78.0 Å². The first kappa shape index (κ1) is 28.0. The van der Waals surface area contributed by atoms with Gasteiger partial charge in [-0.2, -0.15) is 0 Å². The van der Waals surface area contributed by atoms with Gasteiger partial charge in [-0.25, -0.2) is 13.8 Å². The smallest absolute Gasteiger partial charge is 0.295 e. The molecule has 2 aliphatic rings. The fourth-order valence-corrected chi connectivity index (χ4v) is 6.19. The standard InChI is InChI=1S/C31H33F2N5O4/c1-42-23-9-7-22(8-10-23)38-15-12-25-27(38)35-20-37(29(25)40)18-30(41)13-16-36(19-31(30,32)33)28(39)24-11-14-34-17-26(24)21-5-3-2-4-6-21/h2-10,12,15,20,24,26,34,41H,11,13-14,16-19H2,1H3/t24-,26+,30?/m0/s1. The number of aromatic nitrogens is 3. The minimum Gasteiger partial charge on any atom is -0.497 e. The van der Waals surface area contributed by atoms with Crippen LogP contribution >= 0.6 is 0 Å². The summed E-state index contributed by atoms with van der Waals surface area (Å²) in [6, 6.07) is 18.4. The number of hydrogen-bond acceptors (Lipinski definition) is 6. The summed E-state index contributed by atoms with van der Waals surface area (Å²) >= 11 is 0. The number of rotatable bonds is 6. The van der Waals surface area contributed by atoms with E-state index in [1.54, 1.807) is 36.1 Å². The molecule has 4 heterocycles. The molecule has 220 valence electrons. The number of piperidine rings is 2. The summed E-state index contributed by atoms with van der Waals surface area (Å²) in [6.45, 7) is -0.363. The molecule has 2 fully saturated rings. The summed E-state index contributed by atoms with van der Waals surface area (Å²) in [6.07, 6.45) is 3.05. The van der Waals surface area contributed by atoms with Crippen LogP contribution in [0.1, 0.15) is 24.3 Å². The van der Waals surface area contributed by atoms with Gasteiger partial charge in [0, 0.05) is 43.2 Å². The molecule has 4 aromatic rings. The Bertz CT molecular complexity index is 1640. The molecule has 2 N–H and O–H groups in total. The lowest BCUT2D eigenvalue weighted by atomic mass is 9.79. The predicted molar refractivity (Wildman–Crippen MR) is 153 cm³/mol. The van der Waals surface area contributed by atoms with Crippen LogP contribution in [-0.4, -0.2) is 74.8 Å². The Morgan fingerprint density at radius 3 is 2.62 bits per heavy atom. The lowest BCUT2D eigenvalue weighted by Gasteiger charge is -2.46. The Hall–Kier alpha value is -4.09. The normalized spacial score (nSPS) is 24.0. The van der Waals surface area contributed by atoms with Gasteiger partial charge in [-0.1, -0.05) is 30.3 Å². The summed E-state index contributed by atoms with van der Waals surface area (Å²) in [5.41, 5.74) is -0.938. The van der Waals surface area contributed by atoms with Gasteiger partial charge in [0.2, 0.25) is 5.91 Å². The van der Waals surface area contributed by atoms with E-state index in [4.69, 9.17) is 4.74 Å². The molecule has 0 spiro atoms. The Balaban J connectivity index is 1.20. The number of fused-ring (bicyclic) bond motifs is 1. The molecule has 2 saturated heterocycles. The summed E-state index contributed by atoms with van der Waals surface area (Å²) in [7, 11) is 1.57. The van der Waals surface area contributed by atoms with Gasteiger partial charge in [0.25, 0.3) is 11.5 Å². The molecule has 0 bridgehead atoms. The van der Waals surface area contributed by atoms with Crippen molar-refractivity contribution in [2.75, 3.05) is 33.3 Å². The van der Waals surface area contributed by atoms with Crippen molar-refractivity contribution in [3.05, 3.63) is 89.1 Å². The zero-order valence-corrected chi connectivity index (χ0v) is 23.2. The van der Waals surface area contributed by atoms with Crippen molar-refractivity contribution in [2.24, 2.45) is 5.92 Å². The number of carbonyl (C=O) groups is 1. The minimum absolute atomic E-state index is 0.0331. The number of amides is 1. The number of aliphatic hydroxyl groups is 1. The number of likely N-dealkylation sites (tertiary alicyclic amines) is 1. The van der Waals surface area contributed by atoms with Crippen molar-refractivity contribution in [1.82, 2.24) is 24.3 Å². The van der Waals surface area contributed by atoms with Crippen LogP contribution in [0.2, 0.25) is 0 Å². The lowest BCUT2D eigenvalue weighted by molar-refractivity contribution is -0.223. The zero-order chi connectivity index (χ0) is 29.5. The van der Waals surface area contributed by atoms with Crippen LogP contribution in [0.4, 0.5) is 8.78 Å². The maximum atomic E-state index is 15.7. The topological polar surface area (TPSA) is 102 Å². The van der Waals surface area contributed by atoms with Crippen LogP contribution in [0.5, 0.6) is 5.75 Å². The number of halogens is 2. The van der Waals surface area contributed by atoms with E-state index in [2.05, 4.69) is 10.3 Å². The minimum atomic E-state index is -3.64. The van der Waals surface area contributed by atoms with Crippen molar-refractivity contribution in [2.45, 2.75) is 36.8 Å². The zero-order valence-electron chi connectivity index (χ0n) is 23.2. The van der Waals surface area contributed by atoms with Gasteiger partial charge in [0.1, 0.15) is 17.7 Å². The van der Waals surface area contributed by atoms with Crippen molar-refractivity contribution < 1.29 is 23.4 Å². The molecule has 0 saturated carbocycles. The van der Waals surface area contributed by atoms with Gasteiger partial charge >= 0.3 is 0 Å². The molecule has 1 amide bonds. The van der Waals surface area contributed by atoms with Crippen molar-refractivity contribution in [3.63, 3.8) is 0 Å². The second-order valence-electron chi connectivity index (χ2n) is 11.2. The number of alkyl halides is 2. The Morgan fingerprint density at radius 2 is 1.90 bits per heavy atom. The number of nitrogens with one attached hydrogen (secondary N) is 1. The van der Waals surface area contributed by atoms with Gasteiger partial charge in [-0.15, -0.1) is 0 Å². The van der Waals surface area contributed by atoms with E-state index >= 15 is 8.78 Å². The molecular formula is C31H33F2N5O4. The molecule has 0 aliphatic carbocycles. The van der Waals surface area contributed by atoms with E-state index in [-0.39, 0.29) is 30.2 Å². The monoisotopic (exact) mass is 577 g/mol. The maximum absolute atomic E-state index is 15.7. The SMILES string of the molecule is COc1ccc(-n2ccc3c(=O)n(CC4(O)CCN(C(=O)[C@H]5CCNC[C@@H]5c5ccccc5)CC4(F)F)cnc32)cc1. The number of benzene rings is 2. The third kappa shape index (κ3) is 4.96. The summed E-state index contributed by atoms with van der Waals surface area (Å²) in [5, 5.41) is 14.8. The Kier molecular flexibility index (Phi) is 7.32. The predicted octanol–water partition coefficient (Wildman–Crippen LogP) is 3.19. The highest BCUT2D eigenvalue weighted by Gasteiger charge is 2.57. The molecule has 2 aliphatic heterocycles. The second kappa shape index (κ2) is 11.0. The molecule has 11 heteroatoms. The third-order valence-electron chi connectivity index (χ3n) is 8.66. The third-order valence-corrected chi connectivity index (χ3v) is 8.66. The van der Waals surface area contributed by atoms with Crippen molar-refractivity contribution in [3.8, 4) is 11.4 Å². The summed E-state index contributed by atoms with van der Waals surface area (Å²) < 4.78 is 39.3. The molecule has 42 heavy (non-hydrogen) atoms. The average Bonchev–Trinajstić information content (AvgIpc) is 3.45. The van der Waals surface area contributed by atoms with Crippen LogP contribution in [0.3, 0.4) is 0 Å². The summed E-state index contributed by atoms with van der Waals surface area (Å²) in [5.74, 6) is -3.84. The highest BCUT2D eigenvalue weighted by atomic mass is 19.3. The highest BCUT2D eigenvalue weighted by molar-refractivity contribution is 5.80. The fraction of sp³-hybridized carbons (Fsp3) is 0.387. The number of methoxy groups -OCH3 is 1. The lowest BCUT2D eigenvalue weighted by Crippen LogP contribution is -2.64. The summed E-state index contributed by atoms with van der Waals surface area (Å²) in [4.78, 5) is 32.4. The van der Waals surface area contributed by atoms with Gasteiger partial charge in [0.15, 0.2) is 5.65 Å². The van der Waals surface area contributed by atoms with Crippen molar-refractivity contribution in [1.29, 1.82) is 0 Å². The maximum Gasteiger partial charge on any atom is 0.295 e. The quantitative estimate of drug-likeness (QED) is 0.365. The highest BCUT2D eigenvalue weighted by Crippen LogP contribution is 2.40. The number of hydrogen-bond donors (Lipinski definition) is 2. The van der Waals surface area contributed by atoms with E-state index in [1.807, 2.05) is 42.5 Å². The van der Waals surface area contributed by atoms with Gasteiger partial charge in [-0.3, -0.25) is 14.2 Å². The molecule has 0 radical (unpaired) electrons. The molecule has 3 atom stereocenters. The first-order chi connectivity index (χ1) is 20.2. The van der Waals surface area contributed by atoms with E-state index in [9.17, 15) is 14.7 Å². The molecular weight excluding hydrogens is 544 g/mol. The van der Waals surface area contributed by atoms with E-state index in [0.717, 1.165) is 15.8 Å². The van der Waals surface area contributed by atoms with E-state index < -0.39 is 36.1 Å². The van der Waals surface area contributed by atoms with Gasteiger partial charge in [0.05, 0.1) is 25.6 Å². The van der Waals surface area contributed by atoms with Crippen LogP contribution < -0.4 is 15.6 Å². The number of carbonyl (C=O) groups excluding carboxylic acids is 1. The molecule has 9 nitrogen and oxygen atoms in total. The molecule has 2 aromatic carbocycles. The van der Waals surface area contributed by atoms with Gasteiger partial charge < -0.3 is 24.6 Å². The molecule has 1 unspecified atom stereocenters. The van der Waals surface area contributed by atoms with Crippen molar-refractivity contribution >= 4 is 16.9 Å². The van der Waals surface area contributed by atoms with E-state index in [1.165, 1.54) is 11.2 Å².